The molecule has 0 bridgehead atoms. The standard InChI is InChI=1S/C10H14ClNO2/c1-6(12)5-7-8(11)3-4-9(13)10(7)14-2/h3-4,6,13H,5,12H2,1-2H3. The first-order chi connectivity index (χ1) is 6.56. The van der Waals surface area contributed by atoms with Crippen LogP contribution >= 0.6 is 11.6 Å². The number of nitrogens with two attached hydrogens (primary N) is 1. The first-order valence-electron chi connectivity index (χ1n) is 4.36. The number of aromatic hydroxyl groups is 1. The molecule has 0 spiro atoms. The SMILES string of the molecule is COc1c(O)ccc(Cl)c1CC(C)N. The third-order valence-electron chi connectivity index (χ3n) is 1.91. The first kappa shape index (κ1) is 11.1. The van der Waals surface area contributed by atoms with E-state index in [0.717, 1.165) is 5.56 Å². The summed E-state index contributed by atoms with van der Waals surface area (Å²) in [6.45, 7) is 1.87. The highest BCUT2D eigenvalue weighted by atomic mass is 35.5. The molecule has 14 heavy (non-hydrogen) atoms. The zero-order valence-electron chi connectivity index (χ0n) is 8.25. The van der Waals surface area contributed by atoms with Gasteiger partial charge >= 0.3 is 0 Å². The number of rotatable bonds is 3. The molecule has 4 heteroatoms. The quantitative estimate of drug-likeness (QED) is 0.810. The average Bonchev–Trinajstić information content (AvgIpc) is 2.11. The van der Waals surface area contributed by atoms with Crippen LogP contribution in [0.5, 0.6) is 11.5 Å². The zero-order valence-corrected chi connectivity index (χ0v) is 9.01. The third kappa shape index (κ3) is 2.30. The summed E-state index contributed by atoms with van der Waals surface area (Å²) in [6.07, 6.45) is 0.580. The van der Waals surface area contributed by atoms with E-state index in [1.807, 2.05) is 6.92 Å². The molecule has 1 unspecified atom stereocenters. The zero-order chi connectivity index (χ0) is 10.7. The number of phenols is 1. The van der Waals surface area contributed by atoms with Crippen LogP contribution in [-0.4, -0.2) is 18.3 Å². The Bertz CT molecular complexity index is 326. The molecule has 0 heterocycles. The number of benzene rings is 1. The lowest BCUT2D eigenvalue weighted by molar-refractivity contribution is 0.368. The molecular formula is C10H14ClNO2. The van der Waals surface area contributed by atoms with Crippen molar-refractivity contribution in [2.24, 2.45) is 5.73 Å². The second-order valence-electron chi connectivity index (χ2n) is 3.26. The van der Waals surface area contributed by atoms with Crippen molar-refractivity contribution in [3.8, 4) is 11.5 Å². The van der Waals surface area contributed by atoms with Gasteiger partial charge in [-0.2, -0.15) is 0 Å². The number of hydrogen-bond donors (Lipinski definition) is 2. The van der Waals surface area contributed by atoms with Crippen LogP contribution in [0.1, 0.15) is 12.5 Å². The molecule has 3 N–H and O–H groups in total. The molecular weight excluding hydrogens is 202 g/mol. The molecule has 0 amide bonds. The van der Waals surface area contributed by atoms with E-state index in [4.69, 9.17) is 22.1 Å². The van der Waals surface area contributed by atoms with Crippen LogP contribution in [0.15, 0.2) is 12.1 Å². The number of phenolic OH excluding ortho intramolecular Hbond substituents is 1. The van der Waals surface area contributed by atoms with Crippen LogP contribution in [-0.2, 0) is 6.42 Å². The molecule has 0 saturated heterocycles. The predicted molar refractivity (Wildman–Crippen MR) is 57.0 cm³/mol. The number of halogens is 1. The Morgan fingerprint density at radius 3 is 2.71 bits per heavy atom. The molecule has 1 rings (SSSR count). The predicted octanol–water partition coefficient (Wildman–Crippen LogP) is 1.94. The Morgan fingerprint density at radius 1 is 1.57 bits per heavy atom. The van der Waals surface area contributed by atoms with E-state index < -0.39 is 0 Å². The van der Waals surface area contributed by atoms with E-state index in [1.165, 1.54) is 13.2 Å². The lowest BCUT2D eigenvalue weighted by atomic mass is 10.1. The van der Waals surface area contributed by atoms with Crippen molar-refractivity contribution in [2.45, 2.75) is 19.4 Å². The lowest BCUT2D eigenvalue weighted by Crippen LogP contribution is -2.18. The summed E-state index contributed by atoms with van der Waals surface area (Å²) < 4.78 is 5.07. The Labute approximate surface area is 88.4 Å². The highest BCUT2D eigenvalue weighted by Gasteiger charge is 2.13. The van der Waals surface area contributed by atoms with Crippen LogP contribution in [0.4, 0.5) is 0 Å². The molecule has 1 aromatic carbocycles. The summed E-state index contributed by atoms with van der Waals surface area (Å²) in [5.41, 5.74) is 6.43. The molecule has 1 atom stereocenters. The molecule has 1 aromatic rings. The van der Waals surface area contributed by atoms with Gasteiger partial charge in [-0.25, -0.2) is 0 Å². The maximum Gasteiger partial charge on any atom is 0.165 e. The summed E-state index contributed by atoms with van der Waals surface area (Å²) in [7, 11) is 1.50. The van der Waals surface area contributed by atoms with Gasteiger partial charge in [0.2, 0.25) is 0 Å². The van der Waals surface area contributed by atoms with Crippen molar-refractivity contribution < 1.29 is 9.84 Å². The maximum absolute atomic E-state index is 9.50. The summed E-state index contributed by atoms with van der Waals surface area (Å²) in [5.74, 6) is 0.502. The highest BCUT2D eigenvalue weighted by Crippen LogP contribution is 2.35. The van der Waals surface area contributed by atoms with Crippen molar-refractivity contribution in [1.29, 1.82) is 0 Å². The van der Waals surface area contributed by atoms with E-state index in [9.17, 15) is 5.11 Å². The third-order valence-corrected chi connectivity index (χ3v) is 2.27. The van der Waals surface area contributed by atoms with Gasteiger partial charge in [-0.05, 0) is 25.5 Å². The van der Waals surface area contributed by atoms with E-state index in [-0.39, 0.29) is 11.8 Å². The maximum atomic E-state index is 9.50. The van der Waals surface area contributed by atoms with Gasteiger partial charge < -0.3 is 15.6 Å². The summed E-state index contributed by atoms with van der Waals surface area (Å²) >= 11 is 5.98. The molecule has 0 aliphatic heterocycles. The lowest BCUT2D eigenvalue weighted by Gasteiger charge is -2.13. The topological polar surface area (TPSA) is 55.5 Å². The van der Waals surface area contributed by atoms with Gasteiger partial charge in [0.05, 0.1) is 7.11 Å². The molecule has 0 saturated carbocycles. The minimum Gasteiger partial charge on any atom is -0.504 e. The van der Waals surface area contributed by atoms with Gasteiger partial charge in [0.1, 0.15) is 0 Å². The molecule has 0 radical (unpaired) electrons. The average molecular weight is 216 g/mol. The van der Waals surface area contributed by atoms with Gasteiger partial charge in [-0.3, -0.25) is 0 Å². The number of ether oxygens (including phenoxy) is 1. The Morgan fingerprint density at radius 2 is 2.21 bits per heavy atom. The van der Waals surface area contributed by atoms with Crippen LogP contribution < -0.4 is 10.5 Å². The van der Waals surface area contributed by atoms with E-state index in [2.05, 4.69) is 0 Å². The summed E-state index contributed by atoms with van der Waals surface area (Å²) in [4.78, 5) is 0. The fourth-order valence-electron chi connectivity index (χ4n) is 1.33. The van der Waals surface area contributed by atoms with Gasteiger partial charge in [-0.1, -0.05) is 11.6 Å². The van der Waals surface area contributed by atoms with Crippen LogP contribution in [0.25, 0.3) is 0 Å². The van der Waals surface area contributed by atoms with Crippen LogP contribution in [0.3, 0.4) is 0 Å². The molecule has 0 aliphatic rings. The first-order valence-corrected chi connectivity index (χ1v) is 4.74. The second-order valence-corrected chi connectivity index (χ2v) is 3.67. The van der Waals surface area contributed by atoms with E-state index in [0.29, 0.717) is 17.2 Å². The fraction of sp³-hybridized carbons (Fsp3) is 0.400. The van der Waals surface area contributed by atoms with Crippen molar-refractivity contribution in [2.75, 3.05) is 7.11 Å². The molecule has 0 aromatic heterocycles. The van der Waals surface area contributed by atoms with Gasteiger partial charge in [0.15, 0.2) is 11.5 Å². The van der Waals surface area contributed by atoms with Gasteiger partial charge in [-0.15, -0.1) is 0 Å². The van der Waals surface area contributed by atoms with E-state index >= 15 is 0 Å². The van der Waals surface area contributed by atoms with Crippen LogP contribution in [0, 0.1) is 0 Å². The monoisotopic (exact) mass is 215 g/mol. The molecule has 3 nitrogen and oxygen atoms in total. The minimum atomic E-state index is -0.0248. The molecule has 0 fully saturated rings. The molecule has 0 aliphatic carbocycles. The normalized spacial score (nSPS) is 12.6. The summed E-state index contributed by atoms with van der Waals surface area (Å²) in [6, 6.07) is 3.12. The van der Waals surface area contributed by atoms with Gasteiger partial charge in [0, 0.05) is 16.6 Å². The Kier molecular flexibility index (Phi) is 3.61. The second kappa shape index (κ2) is 4.53. The van der Waals surface area contributed by atoms with Crippen molar-refractivity contribution in [1.82, 2.24) is 0 Å². The van der Waals surface area contributed by atoms with E-state index in [1.54, 1.807) is 6.07 Å². The Balaban J connectivity index is 3.16. The molecule has 78 valence electrons. The largest absolute Gasteiger partial charge is 0.504 e. The number of methoxy groups -OCH3 is 1. The minimum absolute atomic E-state index is 0.0248. The van der Waals surface area contributed by atoms with Crippen molar-refractivity contribution in [3.05, 3.63) is 22.7 Å². The van der Waals surface area contributed by atoms with Crippen LogP contribution in [0.2, 0.25) is 5.02 Å². The smallest absolute Gasteiger partial charge is 0.165 e. The van der Waals surface area contributed by atoms with Crippen molar-refractivity contribution in [3.63, 3.8) is 0 Å². The van der Waals surface area contributed by atoms with Crippen molar-refractivity contribution >= 4 is 11.6 Å². The Hall–Kier alpha value is -0.930. The van der Waals surface area contributed by atoms with Gasteiger partial charge in [0.25, 0.3) is 0 Å². The highest BCUT2D eigenvalue weighted by molar-refractivity contribution is 6.31. The number of hydrogen-bond acceptors (Lipinski definition) is 3. The summed E-state index contributed by atoms with van der Waals surface area (Å²) in [5, 5.41) is 10.1. The fourth-order valence-corrected chi connectivity index (χ4v) is 1.56.